The molecule has 0 bridgehead atoms. The zero-order valence-corrected chi connectivity index (χ0v) is 20.1. The number of hydrogen-bond acceptors (Lipinski definition) is 7. The Morgan fingerprint density at radius 1 is 1.31 bits per heavy atom. The fourth-order valence-electron chi connectivity index (χ4n) is 4.38. The number of hydrogen-bond donors (Lipinski definition) is 3. The number of nitrogens with one attached hydrogen (secondary N) is 2. The zero-order chi connectivity index (χ0) is 25.1. The monoisotopic (exact) mass is 478 g/mol. The van der Waals surface area contributed by atoms with Crippen molar-refractivity contribution in [2.24, 2.45) is 7.05 Å². The molecule has 1 saturated heterocycles. The number of aliphatic hydroxyl groups excluding tert-OH is 1. The second-order valence-electron chi connectivity index (χ2n) is 8.70. The Morgan fingerprint density at radius 2 is 2.06 bits per heavy atom. The van der Waals surface area contributed by atoms with Crippen LogP contribution in [0.4, 0.5) is 5.69 Å². The minimum absolute atomic E-state index is 0.167. The quantitative estimate of drug-likeness (QED) is 0.585. The van der Waals surface area contributed by atoms with Gasteiger partial charge in [-0.25, -0.2) is 4.98 Å². The van der Waals surface area contributed by atoms with E-state index in [0.29, 0.717) is 11.4 Å². The molecule has 1 aliphatic carbocycles. The molecule has 2 aliphatic rings. The number of piperidine rings is 1. The van der Waals surface area contributed by atoms with Gasteiger partial charge < -0.3 is 34.6 Å². The van der Waals surface area contributed by atoms with Crippen LogP contribution >= 0.6 is 0 Å². The Hall–Kier alpha value is -3.92. The lowest BCUT2D eigenvalue weighted by Crippen LogP contribution is -2.32. The molecular weight excluding hydrogens is 448 g/mol. The summed E-state index contributed by atoms with van der Waals surface area (Å²) in [4.78, 5) is 31.7. The summed E-state index contributed by atoms with van der Waals surface area (Å²) in [7, 11) is 3.06. The molecule has 3 N–H and O–H groups in total. The van der Waals surface area contributed by atoms with Crippen molar-refractivity contribution >= 4 is 17.3 Å². The van der Waals surface area contributed by atoms with E-state index in [1.807, 2.05) is 17.0 Å². The van der Waals surface area contributed by atoms with Crippen LogP contribution in [-0.2, 0) is 16.6 Å². The number of anilines is 1. The first kappa shape index (κ1) is 24.2. The van der Waals surface area contributed by atoms with E-state index in [2.05, 4.69) is 15.2 Å². The summed E-state index contributed by atoms with van der Waals surface area (Å²) in [6, 6.07) is 3.47. The Balaban J connectivity index is 1.50. The lowest BCUT2D eigenvalue weighted by atomic mass is 9.97. The molecule has 4 rings (SSSR count). The minimum Gasteiger partial charge on any atom is -0.496 e. The second kappa shape index (κ2) is 10.1. The SMILES string of the molecule is COC1=CC(=N)/C(=C\N2CCC(n3ccnc3C(C)O)CC2)C=C1C(=O)Nc1cccn(C)c1=O. The number of nitrogens with zero attached hydrogens (tertiary/aromatic N) is 4. The fraction of sp³-hybridized carbons (Fsp3) is 0.360. The molecular formula is C25H30N6O4. The van der Waals surface area contributed by atoms with Crippen LogP contribution < -0.4 is 10.9 Å². The van der Waals surface area contributed by atoms with Crippen molar-refractivity contribution in [3.05, 3.63) is 82.2 Å². The van der Waals surface area contributed by atoms with Crippen molar-refractivity contribution in [1.82, 2.24) is 19.0 Å². The molecule has 3 heterocycles. The van der Waals surface area contributed by atoms with Gasteiger partial charge in [0.2, 0.25) is 0 Å². The first-order chi connectivity index (χ1) is 16.8. The fourth-order valence-corrected chi connectivity index (χ4v) is 4.38. The zero-order valence-electron chi connectivity index (χ0n) is 20.1. The van der Waals surface area contributed by atoms with Crippen molar-refractivity contribution in [2.75, 3.05) is 25.5 Å². The maximum atomic E-state index is 13.0. The Bertz CT molecular complexity index is 1270. The number of amides is 1. The number of imidazole rings is 1. The van der Waals surface area contributed by atoms with Crippen LogP contribution in [0.15, 0.2) is 70.8 Å². The first-order valence-electron chi connectivity index (χ1n) is 11.5. The van der Waals surface area contributed by atoms with Crippen molar-refractivity contribution in [3.8, 4) is 0 Å². The lowest BCUT2D eigenvalue weighted by Gasteiger charge is -2.33. The third-order valence-corrected chi connectivity index (χ3v) is 6.27. The van der Waals surface area contributed by atoms with Gasteiger partial charge in [-0.3, -0.25) is 9.59 Å². The van der Waals surface area contributed by atoms with Crippen LogP contribution in [0.2, 0.25) is 0 Å². The number of rotatable bonds is 6. The second-order valence-corrected chi connectivity index (χ2v) is 8.70. The normalized spacial score (nSPS) is 18.8. The Kier molecular flexibility index (Phi) is 7.02. The number of aliphatic hydroxyl groups is 1. The van der Waals surface area contributed by atoms with Gasteiger partial charge in [-0.2, -0.15) is 0 Å². The van der Waals surface area contributed by atoms with Crippen LogP contribution in [0.3, 0.4) is 0 Å². The molecule has 35 heavy (non-hydrogen) atoms. The largest absolute Gasteiger partial charge is 0.496 e. The maximum absolute atomic E-state index is 13.0. The van der Waals surface area contributed by atoms with Crippen molar-refractivity contribution in [3.63, 3.8) is 0 Å². The number of allylic oxidation sites excluding steroid dienone is 3. The van der Waals surface area contributed by atoms with Crippen LogP contribution in [0.25, 0.3) is 0 Å². The number of aromatic nitrogens is 3. The number of likely N-dealkylation sites (tertiary alicyclic amines) is 1. The van der Waals surface area contributed by atoms with Crippen LogP contribution in [0, 0.1) is 5.41 Å². The van der Waals surface area contributed by atoms with Crippen LogP contribution in [-0.4, -0.2) is 55.9 Å². The van der Waals surface area contributed by atoms with Gasteiger partial charge in [-0.15, -0.1) is 0 Å². The summed E-state index contributed by atoms with van der Waals surface area (Å²) in [6.45, 7) is 3.23. The average Bonchev–Trinajstić information content (AvgIpc) is 3.34. The van der Waals surface area contributed by atoms with Gasteiger partial charge in [0.15, 0.2) is 0 Å². The summed E-state index contributed by atoms with van der Waals surface area (Å²) in [5, 5.41) is 21.0. The van der Waals surface area contributed by atoms with Crippen LogP contribution in [0.5, 0.6) is 0 Å². The Morgan fingerprint density at radius 3 is 2.74 bits per heavy atom. The summed E-state index contributed by atoms with van der Waals surface area (Å²) < 4.78 is 8.78. The van der Waals surface area contributed by atoms with Crippen molar-refractivity contribution in [2.45, 2.75) is 31.9 Å². The number of pyridine rings is 1. The molecule has 1 amide bonds. The van der Waals surface area contributed by atoms with E-state index in [9.17, 15) is 14.7 Å². The molecule has 2 aromatic rings. The van der Waals surface area contributed by atoms with E-state index >= 15 is 0 Å². The topological polar surface area (TPSA) is 125 Å². The van der Waals surface area contributed by atoms with Gasteiger partial charge in [0.05, 0.1) is 18.4 Å². The maximum Gasteiger partial charge on any atom is 0.274 e. The predicted octanol–water partition coefficient (Wildman–Crippen LogP) is 2.28. The van der Waals surface area contributed by atoms with Gasteiger partial charge in [-0.1, -0.05) is 0 Å². The van der Waals surface area contributed by atoms with Gasteiger partial charge in [-0.05, 0) is 38.0 Å². The van der Waals surface area contributed by atoms with E-state index < -0.39 is 12.0 Å². The van der Waals surface area contributed by atoms with Crippen LogP contribution in [0.1, 0.15) is 37.7 Å². The lowest BCUT2D eigenvalue weighted by molar-refractivity contribution is -0.112. The van der Waals surface area contributed by atoms with Gasteiger partial charge >= 0.3 is 0 Å². The number of carbonyl (C=O) groups excluding carboxylic acids is 1. The average molecular weight is 479 g/mol. The highest BCUT2D eigenvalue weighted by molar-refractivity contribution is 6.16. The summed E-state index contributed by atoms with van der Waals surface area (Å²) in [5.41, 5.74) is 0.921. The number of methoxy groups -OCH3 is 1. The first-order valence-corrected chi connectivity index (χ1v) is 11.5. The van der Waals surface area contributed by atoms with E-state index in [1.54, 1.807) is 44.6 Å². The van der Waals surface area contributed by atoms with Gasteiger partial charge in [0, 0.05) is 62.6 Å². The molecule has 2 aromatic heterocycles. The van der Waals surface area contributed by atoms with Crippen molar-refractivity contribution in [1.29, 1.82) is 5.41 Å². The van der Waals surface area contributed by atoms with Gasteiger partial charge in [0.1, 0.15) is 23.4 Å². The summed E-state index contributed by atoms with van der Waals surface area (Å²) >= 11 is 0. The Labute approximate surface area is 203 Å². The number of aryl methyl sites for hydroxylation is 1. The third kappa shape index (κ3) is 5.12. The molecule has 1 atom stereocenters. The molecule has 0 aromatic carbocycles. The molecule has 0 radical (unpaired) electrons. The van der Waals surface area contributed by atoms with E-state index in [0.717, 1.165) is 25.9 Å². The molecule has 0 saturated carbocycles. The summed E-state index contributed by atoms with van der Waals surface area (Å²) in [5.74, 6) is 0.450. The highest BCUT2D eigenvalue weighted by atomic mass is 16.5. The highest BCUT2D eigenvalue weighted by Gasteiger charge is 2.25. The van der Waals surface area contributed by atoms with E-state index in [1.165, 1.54) is 17.8 Å². The summed E-state index contributed by atoms with van der Waals surface area (Å²) in [6.07, 6.45) is 11.3. The van der Waals surface area contributed by atoms with E-state index in [4.69, 9.17) is 10.1 Å². The highest BCUT2D eigenvalue weighted by Crippen LogP contribution is 2.28. The molecule has 10 nitrogen and oxygen atoms in total. The predicted molar refractivity (Wildman–Crippen MR) is 132 cm³/mol. The molecule has 1 unspecified atom stereocenters. The number of carbonyl (C=O) groups is 1. The molecule has 1 fully saturated rings. The van der Waals surface area contributed by atoms with Crippen molar-refractivity contribution < 1.29 is 14.6 Å². The minimum atomic E-state index is -0.625. The molecule has 1 aliphatic heterocycles. The molecule has 10 heteroatoms. The number of ether oxygens (including phenoxy) is 1. The van der Waals surface area contributed by atoms with E-state index in [-0.39, 0.29) is 34.3 Å². The third-order valence-electron chi connectivity index (χ3n) is 6.27. The molecule has 184 valence electrons. The van der Waals surface area contributed by atoms with Gasteiger partial charge in [0.25, 0.3) is 11.5 Å². The smallest absolute Gasteiger partial charge is 0.274 e. The standard InChI is InChI=1S/C25H30N6O4/c1-16(32)23-27-8-12-31(23)18-6-10-30(11-7-18)15-17-13-19(22(35-3)14-20(17)26)24(33)28-21-5-4-9-29(2)25(21)34/h4-5,8-9,12-16,18,26,32H,6-7,10-11H2,1-3H3,(H,28,33)/b17-15-,26-20?. The molecule has 0 spiro atoms.